The topological polar surface area (TPSA) is 59.4 Å². The summed E-state index contributed by atoms with van der Waals surface area (Å²) >= 11 is 0. The normalized spacial score (nSPS) is 10.9. The van der Waals surface area contributed by atoms with E-state index >= 15 is 0 Å². The van der Waals surface area contributed by atoms with Crippen LogP contribution in [0.1, 0.15) is 10.4 Å². The largest absolute Gasteiger partial charge is 0.478 e. The molecule has 0 aliphatic carbocycles. The fourth-order valence-electron chi connectivity index (χ4n) is 1.43. The van der Waals surface area contributed by atoms with Crippen molar-refractivity contribution in [1.82, 2.24) is 4.98 Å². The van der Waals surface area contributed by atoms with Crippen molar-refractivity contribution in [2.24, 2.45) is 0 Å². The molecule has 0 spiro atoms. The molecule has 1 aromatic carbocycles. The molecular weight excluding hydrogens is 251 g/mol. The SMILES string of the molecule is O=C(O)c1cnc2cc(OC(F)F)c(F)cc2c1. The Hall–Kier alpha value is -2.31. The predicted octanol–water partition coefficient (Wildman–Crippen LogP) is 2.67. The smallest absolute Gasteiger partial charge is 0.387 e. The van der Waals surface area contributed by atoms with Crippen molar-refractivity contribution in [3.05, 3.63) is 35.8 Å². The van der Waals surface area contributed by atoms with Gasteiger partial charge >= 0.3 is 12.6 Å². The van der Waals surface area contributed by atoms with Gasteiger partial charge in [-0.05, 0) is 12.1 Å². The van der Waals surface area contributed by atoms with Crippen molar-refractivity contribution >= 4 is 16.9 Å². The summed E-state index contributed by atoms with van der Waals surface area (Å²) < 4.78 is 41.3. The maximum absolute atomic E-state index is 13.4. The Morgan fingerprint density at radius 1 is 1.33 bits per heavy atom. The fraction of sp³-hybridized carbons (Fsp3) is 0.0909. The molecule has 4 nitrogen and oxygen atoms in total. The number of aromatic carboxylic acids is 1. The summed E-state index contributed by atoms with van der Waals surface area (Å²) in [5, 5.41) is 8.92. The van der Waals surface area contributed by atoms with Gasteiger partial charge in [-0.25, -0.2) is 9.18 Å². The molecule has 0 fully saturated rings. The van der Waals surface area contributed by atoms with Gasteiger partial charge in [0.05, 0.1) is 11.1 Å². The molecule has 0 saturated heterocycles. The second-order valence-corrected chi connectivity index (χ2v) is 3.38. The number of carbonyl (C=O) groups is 1. The van der Waals surface area contributed by atoms with Gasteiger partial charge in [0, 0.05) is 17.6 Å². The number of alkyl halides is 2. The minimum absolute atomic E-state index is 0.121. The lowest BCUT2D eigenvalue weighted by Crippen LogP contribution is -2.04. The third-order valence-corrected chi connectivity index (χ3v) is 2.20. The molecule has 18 heavy (non-hydrogen) atoms. The number of rotatable bonds is 3. The molecule has 0 atom stereocenters. The zero-order valence-corrected chi connectivity index (χ0v) is 8.73. The highest BCUT2D eigenvalue weighted by molar-refractivity contribution is 5.92. The lowest BCUT2D eigenvalue weighted by Gasteiger charge is -2.07. The van der Waals surface area contributed by atoms with Crippen LogP contribution in [0.3, 0.4) is 0 Å². The molecule has 0 aliphatic rings. The molecule has 94 valence electrons. The predicted molar refractivity (Wildman–Crippen MR) is 55.3 cm³/mol. The molecular formula is C11H6F3NO3. The van der Waals surface area contributed by atoms with Crippen molar-refractivity contribution in [2.75, 3.05) is 0 Å². The van der Waals surface area contributed by atoms with Gasteiger partial charge in [0.1, 0.15) is 0 Å². The molecule has 2 rings (SSSR count). The molecule has 7 heteroatoms. The van der Waals surface area contributed by atoms with Crippen molar-refractivity contribution < 1.29 is 27.8 Å². The molecule has 2 aromatic rings. The van der Waals surface area contributed by atoms with Crippen molar-refractivity contribution in [3.63, 3.8) is 0 Å². The lowest BCUT2D eigenvalue weighted by atomic mass is 10.1. The first-order valence-corrected chi connectivity index (χ1v) is 4.75. The van der Waals surface area contributed by atoms with E-state index < -0.39 is 24.1 Å². The van der Waals surface area contributed by atoms with Crippen LogP contribution in [0.5, 0.6) is 5.75 Å². The molecule has 0 bridgehead atoms. The highest BCUT2D eigenvalue weighted by atomic mass is 19.3. The second-order valence-electron chi connectivity index (χ2n) is 3.38. The maximum atomic E-state index is 13.4. The van der Waals surface area contributed by atoms with E-state index in [1.165, 1.54) is 6.07 Å². The molecule has 0 saturated carbocycles. The van der Waals surface area contributed by atoms with Crippen LogP contribution in [-0.4, -0.2) is 22.7 Å². The number of hydrogen-bond acceptors (Lipinski definition) is 3. The van der Waals surface area contributed by atoms with E-state index in [1.54, 1.807) is 0 Å². The van der Waals surface area contributed by atoms with Crippen molar-refractivity contribution in [2.45, 2.75) is 6.61 Å². The van der Waals surface area contributed by atoms with Crippen LogP contribution in [0.15, 0.2) is 24.4 Å². The van der Waals surface area contributed by atoms with Crippen LogP contribution in [0.4, 0.5) is 13.2 Å². The summed E-state index contributed by atoms with van der Waals surface area (Å²) in [6.07, 6.45) is 1.05. The lowest BCUT2D eigenvalue weighted by molar-refractivity contribution is -0.0520. The number of fused-ring (bicyclic) bond motifs is 1. The Bertz CT molecular complexity index is 616. The zero-order chi connectivity index (χ0) is 13.3. The first-order chi connectivity index (χ1) is 8.47. The van der Waals surface area contributed by atoms with Gasteiger partial charge in [-0.1, -0.05) is 0 Å². The first kappa shape index (κ1) is 12.2. The zero-order valence-electron chi connectivity index (χ0n) is 8.73. The number of nitrogens with zero attached hydrogens (tertiary/aromatic N) is 1. The average molecular weight is 257 g/mol. The highest BCUT2D eigenvalue weighted by Crippen LogP contribution is 2.25. The third-order valence-electron chi connectivity index (χ3n) is 2.20. The minimum atomic E-state index is -3.14. The van der Waals surface area contributed by atoms with Gasteiger partial charge in [-0.15, -0.1) is 0 Å². The number of carboxylic acid groups (broad SMARTS) is 1. The first-order valence-electron chi connectivity index (χ1n) is 4.75. The molecule has 1 aromatic heterocycles. The summed E-state index contributed by atoms with van der Waals surface area (Å²) in [5.41, 5.74) is 0.0430. The van der Waals surface area contributed by atoms with E-state index in [0.29, 0.717) is 0 Å². The molecule has 0 aliphatic heterocycles. The van der Waals surface area contributed by atoms with Crippen LogP contribution >= 0.6 is 0 Å². The van der Waals surface area contributed by atoms with Gasteiger partial charge in [0.25, 0.3) is 0 Å². The quantitative estimate of drug-likeness (QED) is 0.918. The maximum Gasteiger partial charge on any atom is 0.387 e. The minimum Gasteiger partial charge on any atom is -0.478 e. The van der Waals surface area contributed by atoms with Crippen LogP contribution < -0.4 is 4.74 Å². The van der Waals surface area contributed by atoms with E-state index in [2.05, 4.69) is 9.72 Å². The average Bonchev–Trinajstić information content (AvgIpc) is 2.28. The van der Waals surface area contributed by atoms with E-state index in [1.807, 2.05) is 0 Å². The fourth-order valence-corrected chi connectivity index (χ4v) is 1.43. The number of halogens is 3. The van der Waals surface area contributed by atoms with Gasteiger partial charge in [0.2, 0.25) is 0 Å². The second kappa shape index (κ2) is 4.52. The molecule has 1 N–H and O–H groups in total. The van der Waals surface area contributed by atoms with Crippen LogP contribution in [0.2, 0.25) is 0 Å². The Balaban J connectivity index is 2.53. The molecule has 1 heterocycles. The summed E-state index contributed by atoms with van der Waals surface area (Å²) in [6, 6.07) is 3.08. The summed E-state index contributed by atoms with van der Waals surface area (Å²) in [7, 11) is 0. The Morgan fingerprint density at radius 2 is 2.06 bits per heavy atom. The van der Waals surface area contributed by atoms with Crippen LogP contribution in [0, 0.1) is 5.82 Å². The molecule has 0 unspecified atom stereocenters. The number of ether oxygens (including phenoxy) is 1. The van der Waals surface area contributed by atoms with Gasteiger partial charge in [-0.3, -0.25) is 4.98 Å². The van der Waals surface area contributed by atoms with E-state index in [9.17, 15) is 18.0 Å². The number of benzene rings is 1. The number of carboxylic acids is 1. The van der Waals surface area contributed by atoms with Crippen LogP contribution in [0.25, 0.3) is 10.9 Å². The summed E-state index contributed by atoms with van der Waals surface area (Å²) in [6.45, 7) is -3.14. The molecule has 0 radical (unpaired) electrons. The van der Waals surface area contributed by atoms with Gasteiger partial charge in [-0.2, -0.15) is 8.78 Å². The number of aromatic nitrogens is 1. The monoisotopic (exact) mass is 257 g/mol. The number of hydrogen-bond donors (Lipinski definition) is 1. The Labute approximate surface area is 98.6 Å². The van der Waals surface area contributed by atoms with Crippen molar-refractivity contribution in [1.29, 1.82) is 0 Å². The summed E-state index contributed by atoms with van der Waals surface area (Å²) in [4.78, 5) is 14.4. The molecule has 0 amide bonds. The van der Waals surface area contributed by atoms with E-state index in [-0.39, 0.29) is 16.5 Å². The van der Waals surface area contributed by atoms with E-state index in [0.717, 1.165) is 18.3 Å². The standard InChI is InChI=1S/C11H6F3NO3/c12-7-2-5-1-6(10(16)17)4-15-8(5)3-9(7)18-11(13)14/h1-4,11H,(H,16,17). The van der Waals surface area contributed by atoms with Gasteiger partial charge < -0.3 is 9.84 Å². The third kappa shape index (κ3) is 2.34. The Morgan fingerprint density at radius 3 is 2.67 bits per heavy atom. The Kier molecular flexibility index (Phi) is 3.05. The van der Waals surface area contributed by atoms with Crippen LogP contribution in [-0.2, 0) is 0 Å². The highest BCUT2D eigenvalue weighted by Gasteiger charge is 2.13. The summed E-state index contributed by atoms with van der Waals surface area (Å²) in [5.74, 6) is -2.85. The van der Waals surface area contributed by atoms with Gasteiger partial charge in [0.15, 0.2) is 11.6 Å². The van der Waals surface area contributed by atoms with Crippen molar-refractivity contribution in [3.8, 4) is 5.75 Å². The van der Waals surface area contributed by atoms with E-state index in [4.69, 9.17) is 5.11 Å². The number of pyridine rings is 1.